The third-order valence-electron chi connectivity index (χ3n) is 2.13. The van der Waals surface area contributed by atoms with Gasteiger partial charge in [-0.1, -0.05) is 13.8 Å². The van der Waals surface area contributed by atoms with Crippen LogP contribution < -0.4 is 11.1 Å². The van der Waals surface area contributed by atoms with Crippen molar-refractivity contribution in [1.29, 1.82) is 0 Å². The quantitative estimate of drug-likeness (QED) is 0.859. The number of hydrogen-bond acceptors (Lipinski definition) is 2. The zero-order valence-corrected chi connectivity index (χ0v) is 10.1. The molecule has 1 aromatic rings. The highest BCUT2D eigenvalue weighted by atomic mass is 35.5. The van der Waals surface area contributed by atoms with Crippen LogP contribution in [-0.2, 0) is 4.79 Å². The van der Waals surface area contributed by atoms with Crippen molar-refractivity contribution in [1.82, 2.24) is 0 Å². The molecular formula is C11H16ClFN2O. The number of anilines is 1. The van der Waals surface area contributed by atoms with Crippen LogP contribution in [0.5, 0.6) is 0 Å². The number of rotatable bonds is 3. The number of benzene rings is 1. The van der Waals surface area contributed by atoms with Crippen LogP contribution >= 0.6 is 12.4 Å². The molecule has 0 saturated carbocycles. The van der Waals surface area contributed by atoms with E-state index >= 15 is 0 Å². The van der Waals surface area contributed by atoms with E-state index in [4.69, 9.17) is 5.73 Å². The smallest absolute Gasteiger partial charge is 0.241 e. The Hall–Kier alpha value is -1.13. The Labute approximate surface area is 101 Å². The Balaban J connectivity index is 0.00000225. The SMILES string of the molecule is CC(C)C(N)C(=O)Nc1ccc(F)cc1.Cl. The molecule has 0 aromatic heterocycles. The molecule has 0 heterocycles. The molecule has 1 unspecified atom stereocenters. The lowest BCUT2D eigenvalue weighted by molar-refractivity contribution is -0.118. The molecule has 16 heavy (non-hydrogen) atoms. The van der Waals surface area contributed by atoms with E-state index in [2.05, 4.69) is 5.32 Å². The van der Waals surface area contributed by atoms with E-state index in [1.807, 2.05) is 13.8 Å². The van der Waals surface area contributed by atoms with Crippen LogP contribution in [0.4, 0.5) is 10.1 Å². The highest BCUT2D eigenvalue weighted by molar-refractivity contribution is 5.94. The number of nitrogens with two attached hydrogens (primary N) is 1. The molecule has 0 fully saturated rings. The minimum Gasteiger partial charge on any atom is -0.325 e. The minimum absolute atomic E-state index is 0. The lowest BCUT2D eigenvalue weighted by Gasteiger charge is -2.15. The molecule has 5 heteroatoms. The Morgan fingerprint density at radius 3 is 2.25 bits per heavy atom. The summed E-state index contributed by atoms with van der Waals surface area (Å²) in [5, 5.41) is 2.62. The monoisotopic (exact) mass is 246 g/mol. The van der Waals surface area contributed by atoms with E-state index in [1.165, 1.54) is 24.3 Å². The third-order valence-corrected chi connectivity index (χ3v) is 2.13. The van der Waals surface area contributed by atoms with Crippen molar-refractivity contribution < 1.29 is 9.18 Å². The van der Waals surface area contributed by atoms with Crippen molar-refractivity contribution in [2.24, 2.45) is 11.7 Å². The van der Waals surface area contributed by atoms with E-state index in [1.54, 1.807) is 0 Å². The van der Waals surface area contributed by atoms with E-state index < -0.39 is 6.04 Å². The van der Waals surface area contributed by atoms with Gasteiger partial charge in [-0.05, 0) is 30.2 Å². The summed E-state index contributed by atoms with van der Waals surface area (Å²) in [6, 6.07) is 5.03. The van der Waals surface area contributed by atoms with Gasteiger partial charge >= 0.3 is 0 Å². The molecule has 1 amide bonds. The number of carbonyl (C=O) groups excluding carboxylic acids is 1. The molecule has 0 bridgehead atoms. The molecule has 1 atom stereocenters. The molecule has 0 radical (unpaired) electrons. The fourth-order valence-corrected chi connectivity index (χ4v) is 1.06. The average molecular weight is 247 g/mol. The standard InChI is InChI=1S/C11H15FN2O.ClH/c1-7(2)10(13)11(15)14-9-5-3-8(12)4-6-9;/h3-7,10H,13H2,1-2H3,(H,14,15);1H. The molecule has 0 aliphatic rings. The molecule has 0 spiro atoms. The van der Waals surface area contributed by atoms with Gasteiger partial charge < -0.3 is 11.1 Å². The molecule has 1 rings (SSSR count). The van der Waals surface area contributed by atoms with Crippen LogP contribution in [0.1, 0.15) is 13.8 Å². The first kappa shape index (κ1) is 14.9. The summed E-state index contributed by atoms with van der Waals surface area (Å²) < 4.78 is 12.6. The van der Waals surface area contributed by atoms with Crippen molar-refractivity contribution in [2.75, 3.05) is 5.32 Å². The molecule has 3 nitrogen and oxygen atoms in total. The summed E-state index contributed by atoms with van der Waals surface area (Å²) >= 11 is 0. The van der Waals surface area contributed by atoms with Crippen LogP contribution in [0.2, 0.25) is 0 Å². The maximum atomic E-state index is 12.6. The van der Waals surface area contributed by atoms with Gasteiger partial charge in [-0.25, -0.2) is 4.39 Å². The zero-order valence-electron chi connectivity index (χ0n) is 9.24. The Kier molecular flexibility index (Phi) is 6.00. The van der Waals surface area contributed by atoms with Crippen LogP contribution in [-0.4, -0.2) is 11.9 Å². The number of nitrogens with one attached hydrogen (secondary N) is 1. The lowest BCUT2D eigenvalue weighted by atomic mass is 10.1. The molecule has 1 aromatic carbocycles. The molecule has 3 N–H and O–H groups in total. The topological polar surface area (TPSA) is 55.1 Å². The Morgan fingerprint density at radius 2 is 1.81 bits per heavy atom. The van der Waals surface area contributed by atoms with Gasteiger partial charge in [-0.15, -0.1) is 12.4 Å². The molecule has 90 valence electrons. The summed E-state index contributed by atoms with van der Waals surface area (Å²) in [6.45, 7) is 3.74. The van der Waals surface area contributed by atoms with Gasteiger partial charge in [0.25, 0.3) is 0 Å². The fourth-order valence-electron chi connectivity index (χ4n) is 1.06. The van der Waals surface area contributed by atoms with Crippen molar-refractivity contribution in [3.63, 3.8) is 0 Å². The van der Waals surface area contributed by atoms with Gasteiger partial charge in [-0.3, -0.25) is 4.79 Å². The van der Waals surface area contributed by atoms with Gasteiger partial charge in [0.1, 0.15) is 5.82 Å². The number of hydrogen-bond donors (Lipinski definition) is 2. The second-order valence-electron chi connectivity index (χ2n) is 3.77. The van der Waals surface area contributed by atoms with Crippen LogP contribution in [0.25, 0.3) is 0 Å². The van der Waals surface area contributed by atoms with E-state index in [-0.39, 0.29) is 30.0 Å². The molecule has 0 aliphatic carbocycles. The zero-order chi connectivity index (χ0) is 11.4. The van der Waals surface area contributed by atoms with E-state index in [9.17, 15) is 9.18 Å². The second kappa shape index (κ2) is 6.45. The van der Waals surface area contributed by atoms with Gasteiger partial charge in [0, 0.05) is 5.69 Å². The first-order valence-corrected chi connectivity index (χ1v) is 4.82. The fraction of sp³-hybridized carbons (Fsp3) is 0.364. The van der Waals surface area contributed by atoms with E-state index in [0.29, 0.717) is 5.69 Å². The van der Waals surface area contributed by atoms with Gasteiger partial charge in [-0.2, -0.15) is 0 Å². The highest BCUT2D eigenvalue weighted by Crippen LogP contribution is 2.09. The van der Waals surface area contributed by atoms with Gasteiger partial charge in [0.2, 0.25) is 5.91 Å². The van der Waals surface area contributed by atoms with Crippen molar-refractivity contribution >= 4 is 24.0 Å². The number of halogens is 2. The summed E-state index contributed by atoms with van der Waals surface area (Å²) in [5.41, 5.74) is 6.20. The summed E-state index contributed by atoms with van der Waals surface area (Å²) in [7, 11) is 0. The van der Waals surface area contributed by atoms with Gasteiger partial charge in [0.05, 0.1) is 6.04 Å². The molecule has 0 aliphatic heterocycles. The average Bonchev–Trinajstić information content (AvgIpc) is 2.20. The van der Waals surface area contributed by atoms with Crippen LogP contribution in [0.15, 0.2) is 24.3 Å². The maximum Gasteiger partial charge on any atom is 0.241 e. The number of carbonyl (C=O) groups is 1. The first-order chi connectivity index (χ1) is 7.00. The van der Waals surface area contributed by atoms with Crippen molar-refractivity contribution in [2.45, 2.75) is 19.9 Å². The van der Waals surface area contributed by atoms with Gasteiger partial charge in [0.15, 0.2) is 0 Å². The largest absolute Gasteiger partial charge is 0.325 e. The Bertz CT molecular complexity index is 340. The summed E-state index contributed by atoms with van der Waals surface area (Å²) in [4.78, 5) is 11.5. The predicted octanol–water partition coefficient (Wildman–Crippen LogP) is 2.17. The second-order valence-corrected chi connectivity index (χ2v) is 3.77. The normalized spacial score (nSPS) is 11.8. The summed E-state index contributed by atoms with van der Waals surface area (Å²) in [5.74, 6) is -0.511. The van der Waals surface area contributed by atoms with Crippen molar-refractivity contribution in [3.8, 4) is 0 Å². The van der Waals surface area contributed by atoms with Crippen LogP contribution in [0, 0.1) is 11.7 Å². The third kappa shape index (κ3) is 4.16. The lowest BCUT2D eigenvalue weighted by Crippen LogP contribution is -2.39. The van der Waals surface area contributed by atoms with Crippen LogP contribution in [0.3, 0.4) is 0 Å². The minimum atomic E-state index is -0.546. The number of amides is 1. The first-order valence-electron chi connectivity index (χ1n) is 4.82. The Morgan fingerprint density at radius 1 is 1.31 bits per heavy atom. The summed E-state index contributed by atoms with van der Waals surface area (Å²) in [6.07, 6.45) is 0. The highest BCUT2D eigenvalue weighted by Gasteiger charge is 2.16. The van der Waals surface area contributed by atoms with E-state index in [0.717, 1.165) is 0 Å². The molecule has 0 saturated heterocycles. The van der Waals surface area contributed by atoms with Crippen molar-refractivity contribution in [3.05, 3.63) is 30.1 Å². The maximum absolute atomic E-state index is 12.6. The predicted molar refractivity (Wildman–Crippen MR) is 65.1 cm³/mol. The molecular weight excluding hydrogens is 231 g/mol.